The molecule has 0 unspecified atom stereocenters. The number of ether oxygens (including phenoxy) is 4. The molecule has 2 fully saturated rings. The van der Waals surface area contributed by atoms with Crippen LogP contribution in [0.2, 0.25) is 0 Å². The highest BCUT2D eigenvalue weighted by Gasteiger charge is 2.31. The Hall–Kier alpha value is -5.24. The van der Waals surface area contributed by atoms with Gasteiger partial charge in [0.05, 0.1) is 44.8 Å². The molecule has 2 aromatic carbocycles. The number of aryl methyl sites for hydroxylation is 1. The van der Waals surface area contributed by atoms with Gasteiger partial charge in [0, 0.05) is 48.8 Å². The zero-order chi connectivity index (χ0) is 35.3. The van der Waals surface area contributed by atoms with Crippen LogP contribution < -0.4 is 19.9 Å². The average molecular weight is 689 g/mol. The molecule has 4 heterocycles. The summed E-state index contributed by atoms with van der Waals surface area (Å²) >= 11 is 0. The lowest BCUT2D eigenvalue weighted by molar-refractivity contribution is -0.142. The molecule has 0 spiro atoms. The van der Waals surface area contributed by atoms with Crippen LogP contribution in [0.1, 0.15) is 29.6 Å². The first kappa shape index (κ1) is 33.3. The van der Waals surface area contributed by atoms with E-state index in [-0.39, 0.29) is 42.5 Å². The van der Waals surface area contributed by atoms with Gasteiger partial charge in [-0.2, -0.15) is 0 Å². The Labute approximate surface area is 286 Å². The molecule has 3 aromatic heterocycles. The number of benzene rings is 2. The molecule has 1 saturated carbocycles. The van der Waals surface area contributed by atoms with Crippen LogP contribution in [0.15, 0.2) is 42.5 Å². The van der Waals surface area contributed by atoms with Gasteiger partial charge in [0.1, 0.15) is 28.9 Å². The summed E-state index contributed by atoms with van der Waals surface area (Å²) in [5.74, 6) is 0.310. The van der Waals surface area contributed by atoms with Crippen molar-refractivity contribution in [2.45, 2.75) is 38.0 Å². The minimum absolute atomic E-state index is 0.0133. The molecule has 50 heavy (non-hydrogen) atoms. The van der Waals surface area contributed by atoms with E-state index in [9.17, 15) is 14.0 Å². The number of nitrogens with two attached hydrogens (primary N) is 1. The fraction of sp³-hybridized carbons (Fsp3) is 0.389. The van der Waals surface area contributed by atoms with Gasteiger partial charge in [-0.1, -0.05) is 0 Å². The van der Waals surface area contributed by atoms with Crippen LogP contribution in [0, 0.1) is 11.7 Å². The van der Waals surface area contributed by atoms with Gasteiger partial charge in [-0.05, 0) is 61.6 Å². The summed E-state index contributed by atoms with van der Waals surface area (Å²) in [5, 5.41) is 0.840. The van der Waals surface area contributed by atoms with Crippen molar-refractivity contribution in [1.29, 1.82) is 0 Å². The number of nitrogens with zero attached hydrogens (tertiary/aromatic N) is 5. The number of rotatable bonds is 10. The molecule has 14 heteroatoms. The monoisotopic (exact) mass is 688 g/mol. The summed E-state index contributed by atoms with van der Waals surface area (Å²) in [5.41, 5.74) is 9.64. The van der Waals surface area contributed by atoms with Crippen LogP contribution in [0.3, 0.4) is 0 Å². The summed E-state index contributed by atoms with van der Waals surface area (Å²) in [6, 6.07) is 11.2. The number of imidazole rings is 1. The maximum atomic E-state index is 15.6. The van der Waals surface area contributed by atoms with Crippen molar-refractivity contribution in [2.75, 3.05) is 41.0 Å². The van der Waals surface area contributed by atoms with E-state index < -0.39 is 30.6 Å². The molecule has 12 nitrogen and oxygen atoms in total. The summed E-state index contributed by atoms with van der Waals surface area (Å²) in [4.78, 5) is 36.5. The van der Waals surface area contributed by atoms with Crippen LogP contribution in [-0.4, -0.2) is 89.1 Å². The number of halogens is 2. The van der Waals surface area contributed by atoms with E-state index >= 15 is 4.39 Å². The minimum Gasteiger partial charge on any atom is -0.494 e. The van der Waals surface area contributed by atoms with Crippen molar-refractivity contribution in [1.82, 2.24) is 24.0 Å². The van der Waals surface area contributed by atoms with E-state index in [1.807, 2.05) is 23.7 Å². The SMILES string of the molecule is COC(=O)COc1cc(F)c(-c2ccc3cc(-c4nc5cc(C(=O)N6C[C@H](N)C[C@@H](F)C6)cc(OC)c5n4C)n(CC4CC4)c3n2)cc1OC. The van der Waals surface area contributed by atoms with Crippen molar-refractivity contribution < 1.29 is 37.3 Å². The maximum absolute atomic E-state index is 15.6. The molecule has 1 amide bonds. The van der Waals surface area contributed by atoms with E-state index in [0.717, 1.165) is 23.9 Å². The standard InChI is InChI=1S/C36H38F2N6O6/c1-42-33-27(9-21(11-31(33)48-3)36(46)43-16-22(37)12-23(39)17-43)41-35(42)28-10-20-7-8-26(40-34(20)44(28)15-19-5-6-19)24-13-29(47-2)30(14-25(24)38)50-18-32(45)49-4/h7-11,13-14,19,22-23H,5-6,12,15-18,39H2,1-4H3/t22-,23-/m1/s1. The number of hydrogen-bond donors (Lipinski definition) is 1. The fourth-order valence-electron chi connectivity index (χ4n) is 6.65. The second-order valence-corrected chi connectivity index (χ2v) is 12.9. The van der Waals surface area contributed by atoms with Crippen LogP contribution >= 0.6 is 0 Å². The van der Waals surface area contributed by atoms with Crippen molar-refractivity contribution in [3.05, 3.63) is 53.8 Å². The largest absolute Gasteiger partial charge is 0.494 e. The number of likely N-dealkylation sites (tertiary alicyclic amines) is 1. The van der Waals surface area contributed by atoms with Crippen LogP contribution in [-0.2, 0) is 23.1 Å². The number of alkyl halides is 1. The zero-order valence-corrected chi connectivity index (χ0v) is 28.2. The first-order chi connectivity index (χ1) is 24.1. The van der Waals surface area contributed by atoms with Crippen LogP contribution in [0.4, 0.5) is 8.78 Å². The zero-order valence-electron chi connectivity index (χ0n) is 28.2. The summed E-state index contributed by atoms with van der Waals surface area (Å²) in [6.07, 6.45) is 1.21. The Morgan fingerprint density at radius 2 is 1.76 bits per heavy atom. The Balaban J connectivity index is 1.30. The van der Waals surface area contributed by atoms with Gasteiger partial charge >= 0.3 is 5.97 Å². The third-order valence-corrected chi connectivity index (χ3v) is 9.33. The van der Waals surface area contributed by atoms with Gasteiger partial charge in [0.15, 0.2) is 23.9 Å². The fourth-order valence-corrected chi connectivity index (χ4v) is 6.65. The van der Waals surface area contributed by atoms with Crippen LogP contribution in [0.25, 0.3) is 44.8 Å². The Morgan fingerprint density at radius 3 is 2.46 bits per heavy atom. The van der Waals surface area contributed by atoms with Crippen molar-refractivity contribution >= 4 is 33.9 Å². The molecule has 7 rings (SSSR count). The number of carbonyl (C=O) groups excluding carboxylic acids is 2. The number of pyridine rings is 1. The molecule has 2 atom stereocenters. The first-order valence-corrected chi connectivity index (χ1v) is 16.4. The quantitative estimate of drug-likeness (QED) is 0.204. The Kier molecular flexibility index (Phi) is 8.80. The molecule has 0 radical (unpaired) electrons. The number of hydrogen-bond acceptors (Lipinski definition) is 9. The van der Waals surface area contributed by atoms with E-state index in [4.69, 9.17) is 29.9 Å². The van der Waals surface area contributed by atoms with Crippen molar-refractivity contribution in [3.63, 3.8) is 0 Å². The molecule has 1 aliphatic carbocycles. The predicted molar refractivity (Wildman–Crippen MR) is 182 cm³/mol. The number of carbonyl (C=O) groups is 2. The highest BCUT2D eigenvalue weighted by Crippen LogP contribution is 2.39. The highest BCUT2D eigenvalue weighted by molar-refractivity contribution is 6.00. The molecule has 0 bridgehead atoms. The Morgan fingerprint density at radius 1 is 0.980 bits per heavy atom. The number of amides is 1. The smallest absolute Gasteiger partial charge is 0.343 e. The summed E-state index contributed by atoms with van der Waals surface area (Å²) in [7, 11) is 6.09. The number of aromatic nitrogens is 4. The summed E-state index contributed by atoms with van der Waals surface area (Å²) < 4.78 is 55.1. The third kappa shape index (κ3) is 6.19. The maximum Gasteiger partial charge on any atom is 0.343 e. The topological polar surface area (TPSA) is 136 Å². The van der Waals surface area contributed by atoms with Crippen LogP contribution in [0.5, 0.6) is 17.2 Å². The second kappa shape index (κ2) is 13.2. The van der Waals surface area contributed by atoms with Crippen molar-refractivity contribution in [2.24, 2.45) is 18.7 Å². The van der Waals surface area contributed by atoms with Gasteiger partial charge in [-0.15, -0.1) is 0 Å². The number of esters is 1. The average Bonchev–Trinajstić information content (AvgIpc) is 3.78. The van der Waals surface area contributed by atoms with E-state index in [0.29, 0.717) is 52.0 Å². The van der Waals surface area contributed by atoms with Gasteiger partial charge < -0.3 is 38.7 Å². The lowest BCUT2D eigenvalue weighted by Gasteiger charge is -2.33. The van der Waals surface area contributed by atoms with E-state index in [1.54, 1.807) is 18.2 Å². The molecule has 2 aliphatic rings. The molecular formula is C36H38F2N6O6. The van der Waals surface area contributed by atoms with Gasteiger partial charge in [-0.25, -0.2) is 23.5 Å². The van der Waals surface area contributed by atoms with E-state index in [2.05, 4.69) is 9.30 Å². The minimum atomic E-state index is -1.18. The molecule has 2 N–H and O–H groups in total. The molecular weight excluding hydrogens is 650 g/mol. The molecule has 1 saturated heterocycles. The Bertz CT molecular complexity index is 2120. The molecule has 262 valence electrons. The van der Waals surface area contributed by atoms with E-state index in [1.165, 1.54) is 38.4 Å². The number of piperidine rings is 1. The van der Waals surface area contributed by atoms with Gasteiger partial charge in [-0.3, -0.25) is 4.79 Å². The third-order valence-electron chi connectivity index (χ3n) is 9.33. The lowest BCUT2D eigenvalue weighted by atomic mass is 10.0. The van der Waals surface area contributed by atoms with Crippen molar-refractivity contribution in [3.8, 4) is 40.0 Å². The van der Waals surface area contributed by atoms with Gasteiger partial charge in [0.2, 0.25) is 0 Å². The highest BCUT2D eigenvalue weighted by atomic mass is 19.1. The number of fused-ring (bicyclic) bond motifs is 2. The second-order valence-electron chi connectivity index (χ2n) is 12.9. The lowest BCUT2D eigenvalue weighted by Crippen LogP contribution is -2.50. The summed E-state index contributed by atoms with van der Waals surface area (Å²) in [6.45, 7) is 0.546. The number of methoxy groups -OCH3 is 3. The predicted octanol–water partition coefficient (Wildman–Crippen LogP) is 4.89. The van der Waals surface area contributed by atoms with Gasteiger partial charge in [0.25, 0.3) is 5.91 Å². The molecule has 1 aliphatic heterocycles. The first-order valence-electron chi connectivity index (χ1n) is 16.4. The molecule has 5 aromatic rings. The normalized spacial score (nSPS) is 17.7.